The van der Waals surface area contributed by atoms with E-state index in [1.165, 1.54) is 32.0 Å². The first-order valence-corrected chi connectivity index (χ1v) is 14.0. The Balaban J connectivity index is 1.51. The molecular formula is C31H29N4S2+. The second-order valence-corrected chi connectivity index (χ2v) is 10.8. The second-order valence-electron chi connectivity index (χ2n) is 9.27. The molecule has 0 atom stereocenters. The topological polar surface area (TPSA) is 24.9 Å². The molecule has 1 aliphatic heterocycles. The molecule has 3 heterocycles. The molecular weight excluding hydrogens is 493 g/mol. The van der Waals surface area contributed by atoms with Crippen LogP contribution >= 0.6 is 24.0 Å². The molecule has 37 heavy (non-hydrogen) atoms. The van der Waals surface area contributed by atoms with Gasteiger partial charge in [-0.15, -0.1) is 0 Å². The average molecular weight is 522 g/mol. The average Bonchev–Trinajstić information content (AvgIpc) is 3.49. The molecule has 0 radical (unpaired) electrons. The van der Waals surface area contributed by atoms with Crippen LogP contribution in [-0.2, 0) is 13.6 Å². The van der Waals surface area contributed by atoms with Gasteiger partial charge in [0.1, 0.15) is 4.70 Å². The molecule has 0 aliphatic carbocycles. The van der Waals surface area contributed by atoms with E-state index in [-0.39, 0.29) is 0 Å². The van der Waals surface area contributed by atoms with Crippen LogP contribution in [-0.4, -0.2) is 22.4 Å². The van der Waals surface area contributed by atoms with Gasteiger partial charge in [-0.05, 0) is 29.5 Å². The van der Waals surface area contributed by atoms with Crippen LogP contribution in [0, 0.1) is 0 Å². The SMILES string of the molecule is CN1C(c2nc(-c3ccccc3)cn2C)=C/C(=C\c2sc3ccccc3[n+]2CCCS)c2ccccc21. The van der Waals surface area contributed by atoms with Crippen molar-refractivity contribution in [2.75, 3.05) is 17.7 Å². The minimum absolute atomic E-state index is 0.869. The maximum absolute atomic E-state index is 5.08. The van der Waals surface area contributed by atoms with E-state index in [0.29, 0.717) is 0 Å². The van der Waals surface area contributed by atoms with E-state index in [9.17, 15) is 0 Å². The highest BCUT2D eigenvalue weighted by molar-refractivity contribution is 7.80. The molecule has 184 valence electrons. The molecule has 6 heteroatoms. The van der Waals surface area contributed by atoms with Crippen LogP contribution in [0.15, 0.2) is 91.1 Å². The van der Waals surface area contributed by atoms with Crippen LogP contribution in [0.1, 0.15) is 22.8 Å². The number of aromatic nitrogens is 3. The summed E-state index contributed by atoms with van der Waals surface area (Å²) in [6.07, 6.45) is 7.77. The van der Waals surface area contributed by atoms with Gasteiger partial charge in [0.2, 0.25) is 5.52 Å². The van der Waals surface area contributed by atoms with Gasteiger partial charge in [-0.1, -0.05) is 72.0 Å². The van der Waals surface area contributed by atoms with Crippen LogP contribution in [0.3, 0.4) is 0 Å². The van der Waals surface area contributed by atoms with Crippen molar-refractivity contribution in [3.8, 4) is 11.3 Å². The van der Waals surface area contributed by atoms with Gasteiger partial charge >= 0.3 is 0 Å². The zero-order valence-corrected chi connectivity index (χ0v) is 22.7. The third-order valence-corrected chi connectivity index (χ3v) is 8.29. The smallest absolute Gasteiger partial charge is 0.263 e. The van der Waals surface area contributed by atoms with Gasteiger partial charge in [-0.25, -0.2) is 4.98 Å². The Hall–Kier alpha value is -3.61. The lowest BCUT2D eigenvalue weighted by Crippen LogP contribution is -2.35. The second kappa shape index (κ2) is 10.0. The number of fused-ring (bicyclic) bond motifs is 2. The lowest BCUT2D eigenvalue weighted by atomic mass is 9.97. The van der Waals surface area contributed by atoms with Crippen molar-refractivity contribution >= 4 is 57.2 Å². The molecule has 6 rings (SSSR count). The Labute approximate surface area is 227 Å². The van der Waals surface area contributed by atoms with Gasteiger partial charge in [-0.3, -0.25) is 0 Å². The Morgan fingerprint density at radius 2 is 1.70 bits per heavy atom. The quantitative estimate of drug-likeness (QED) is 0.193. The third kappa shape index (κ3) is 4.41. The Morgan fingerprint density at radius 1 is 0.946 bits per heavy atom. The number of aryl methyl sites for hydroxylation is 2. The highest BCUT2D eigenvalue weighted by Gasteiger charge is 2.26. The molecule has 0 N–H and O–H groups in total. The molecule has 0 saturated heterocycles. The highest BCUT2D eigenvalue weighted by Crippen LogP contribution is 2.40. The minimum atomic E-state index is 0.869. The lowest BCUT2D eigenvalue weighted by Gasteiger charge is -2.29. The van der Waals surface area contributed by atoms with Crippen molar-refractivity contribution in [2.24, 2.45) is 7.05 Å². The number of allylic oxidation sites excluding steroid dienone is 2. The highest BCUT2D eigenvalue weighted by atomic mass is 32.1. The summed E-state index contributed by atoms with van der Waals surface area (Å²) in [5.74, 6) is 1.81. The van der Waals surface area contributed by atoms with Gasteiger partial charge < -0.3 is 9.47 Å². The third-order valence-electron chi connectivity index (χ3n) is 6.86. The zero-order chi connectivity index (χ0) is 25.4. The van der Waals surface area contributed by atoms with Gasteiger partial charge in [0.15, 0.2) is 12.4 Å². The van der Waals surface area contributed by atoms with Crippen molar-refractivity contribution in [2.45, 2.75) is 13.0 Å². The van der Waals surface area contributed by atoms with Crippen molar-refractivity contribution in [1.82, 2.24) is 9.55 Å². The van der Waals surface area contributed by atoms with Crippen LogP contribution in [0.2, 0.25) is 0 Å². The molecule has 0 fully saturated rings. The predicted molar refractivity (Wildman–Crippen MR) is 160 cm³/mol. The van der Waals surface area contributed by atoms with Crippen molar-refractivity contribution in [1.29, 1.82) is 0 Å². The molecule has 1 aliphatic rings. The van der Waals surface area contributed by atoms with E-state index in [1.54, 1.807) is 0 Å². The number of hydrogen-bond acceptors (Lipinski definition) is 4. The van der Waals surface area contributed by atoms with E-state index in [4.69, 9.17) is 4.98 Å². The maximum atomic E-state index is 5.08. The molecule has 0 spiro atoms. The van der Waals surface area contributed by atoms with E-state index >= 15 is 0 Å². The number of thiazole rings is 1. The number of thiol groups is 1. The number of anilines is 1. The van der Waals surface area contributed by atoms with Gasteiger partial charge in [-0.2, -0.15) is 17.2 Å². The molecule has 0 bridgehead atoms. The number of imidazole rings is 1. The number of para-hydroxylation sites is 2. The Bertz CT molecular complexity index is 1640. The summed E-state index contributed by atoms with van der Waals surface area (Å²) in [6.45, 7) is 0.949. The Morgan fingerprint density at radius 3 is 2.54 bits per heavy atom. The Kier molecular flexibility index (Phi) is 6.45. The van der Waals surface area contributed by atoms with Gasteiger partial charge in [0.05, 0.1) is 11.4 Å². The summed E-state index contributed by atoms with van der Waals surface area (Å²) in [5.41, 5.74) is 8.06. The number of rotatable bonds is 6. The molecule has 0 amide bonds. The van der Waals surface area contributed by atoms with Crippen LogP contribution in [0.25, 0.3) is 38.8 Å². The monoisotopic (exact) mass is 521 g/mol. The molecule has 5 aromatic rings. The maximum Gasteiger partial charge on any atom is 0.263 e. The first-order chi connectivity index (χ1) is 18.1. The van der Waals surface area contributed by atoms with Crippen LogP contribution < -0.4 is 9.47 Å². The molecule has 2 aromatic heterocycles. The number of hydrogen-bond donors (Lipinski definition) is 1. The van der Waals surface area contributed by atoms with Crippen molar-refractivity contribution in [3.05, 3.63) is 108 Å². The van der Waals surface area contributed by atoms with Crippen molar-refractivity contribution < 1.29 is 4.57 Å². The number of nitrogens with zero attached hydrogens (tertiary/aromatic N) is 4. The fourth-order valence-corrected chi connectivity index (χ4v) is 6.28. The largest absolute Gasteiger partial charge is 0.341 e. The molecule has 4 nitrogen and oxygen atoms in total. The predicted octanol–water partition coefficient (Wildman–Crippen LogP) is 6.94. The lowest BCUT2D eigenvalue weighted by molar-refractivity contribution is -0.668. The summed E-state index contributed by atoms with van der Waals surface area (Å²) < 4.78 is 5.87. The number of benzene rings is 3. The standard InChI is InChI=1S/C31H28N4S2/c1-33-21-25(22-11-4-3-5-12-22)32-31(33)28-19-23(24-13-6-7-14-26(24)34(28)2)20-30-35(17-10-18-36)27-15-8-9-16-29(27)37-30/h3-9,11-16,19-21H,10,17-18H2,1-2H3/p+1. The van der Waals surface area contributed by atoms with E-state index in [1.807, 2.05) is 17.4 Å². The summed E-state index contributed by atoms with van der Waals surface area (Å²) >= 11 is 6.32. The fraction of sp³-hybridized carbons (Fsp3) is 0.161. The van der Waals surface area contributed by atoms with E-state index in [2.05, 4.69) is 132 Å². The van der Waals surface area contributed by atoms with Gasteiger partial charge in [0.25, 0.3) is 5.01 Å². The molecule has 3 aromatic carbocycles. The summed E-state index contributed by atoms with van der Waals surface area (Å²) in [4.78, 5) is 7.33. The molecule has 0 saturated carbocycles. The van der Waals surface area contributed by atoms with Crippen LogP contribution in [0.4, 0.5) is 5.69 Å². The summed E-state index contributed by atoms with van der Waals surface area (Å²) in [6, 6.07) is 27.7. The minimum Gasteiger partial charge on any atom is -0.341 e. The first kappa shape index (κ1) is 23.8. The summed E-state index contributed by atoms with van der Waals surface area (Å²) in [7, 11) is 4.20. The van der Waals surface area contributed by atoms with Gasteiger partial charge in [0, 0.05) is 55.7 Å². The van der Waals surface area contributed by atoms with Crippen LogP contribution in [0.5, 0.6) is 0 Å². The normalized spacial score (nSPS) is 14.3. The molecule has 0 unspecified atom stereocenters. The van der Waals surface area contributed by atoms with Crippen molar-refractivity contribution in [3.63, 3.8) is 0 Å². The zero-order valence-electron chi connectivity index (χ0n) is 21.0. The first-order valence-electron chi connectivity index (χ1n) is 12.5. The van der Waals surface area contributed by atoms with E-state index in [0.717, 1.165) is 41.5 Å². The van der Waals surface area contributed by atoms with E-state index < -0.39 is 0 Å². The fourth-order valence-electron chi connectivity index (χ4n) is 5.00. The summed E-state index contributed by atoms with van der Waals surface area (Å²) in [5, 5.41) is 1.25.